The van der Waals surface area contributed by atoms with Gasteiger partial charge >= 0.3 is 6.18 Å². The van der Waals surface area contributed by atoms with E-state index >= 15 is 0 Å². The fraction of sp³-hybridized carbons (Fsp3) is 0.231. The Morgan fingerprint density at radius 3 is 2.29 bits per heavy atom. The molecule has 0 aliphatic heterocycles. The molecule has 0 aliphatic rings. The van der Waals surface area contributed by atoms with Crippen LogP contribution in [-0.4, -0.2) is 9.97 Å². The van der Waals surface area contributed by atoms with Crippen LogP contribution in [0.15, 0.2) is 24.3 Å². The number of aromatic nitrogens is 2. The van der Waals surface area contributed by atoms with Gasteiger partial charge in [-0.05, 0) is 19.1 Å². The van der Waals surface area contributed by atoms with Crippen LogP contribution in [0.3, 0.4) is 0 Å². The molecule has 21 heavy (non-hydrogen) atoms. The van der Waals surface area contributed by atoms with Gasteiger partial charge in [0.1, 0.15) is 29.0 Å². The Labute approximate surface area is 116 Å². The molecule has 0 unspecified atom stereocenters. The molecule has 2 rings (SSSR count). The van der Waals surface area contributed by atoms with Crippen molar-refractivity contribution in [2.75, 3.05) is 5.32 Å². The topological polar surface area (TPSA) is 37.8 Å². The van der Waals surface area contributed by atoms with E-state index in [1.165, 1.54) is 13.0 Å². The summed E-state index contributed by atoms with van der Waals surface area (Å²) in [4.78, 5) is 7.03. The van der Waals surface area contributed by atoms with Crippen molar-refractivity contribution in [1.82, 2.24) is 9.97 Å². The smallest absolute Gasteiger partial charge is 0.366 e. The number of hydrogen-bond donors (Lipinski definition) is 1. The highest BCUT2D eigenvalue weighted by atomic mass is 19.4. The average Bonchev–Trinajstić information content (AvgIpc) is 2.36. The zero-order valence-corrected chi connectivity index (χ0v) is 10.8. The SMILES string of the molecule is Cc1nc(NCc2c(F)cccc2F)cc(C(F)(F)F)n1. The summed E-state index contributed by atoms with van der Waals surface area (Å²) in [6, 6.07) is 4.01. The molecule has 112 valence electrons. The monoisotopic (exact) mass is 303 g/mol. The first-order valence-corrected chi connectivity index (χ1v) is 5.87. The van der Waals surface area contributed by atoms with Crippen LogP contribution < -0.4 is 5.32 Å². The van der Waals surface area contributed by atoms with Crippen molar-refractivity contribution in [3.8, 4) is 0 Å². The lowest BCUT2D eigenvalue weighted by Crippen LogP contribution is -2.12. The van der Waals surface area contributed by atoms with Crippen LogP contribution in [0.5, 0.6) is 0 Å². The number of hydrogen-bond acceptors (Lipinski definition) is 3. The molecule has 0 saturated carbocycles. The molecule has 0 aliphatic carbocycles. The lowest BCUT2D eigenvalue weighted by molar-refractivity contribution is -0.141. The number of benzene rings is 1. The Morgan fingerprint density at radius 2 is 1.71 bits per heavy atom. The number of nitrogens with one attached hydrogen (secondary N) is 1. The van der Waals surface area contributed by atoms with Crippen LogP contribution in [0.1, 0.15) is 17.1 Å². The van der Waals surface area contributed by atoms with E-state index in [0.29, 0.717) is 6.07 Å². The molecule has 0 saturated heterocycles. The fourth-order valence-electron chi connectivity index (χ4n) is 1.68. The van der Waals surface area contributed by atoms with Gasteiger partial charge in [-0.1, -0.05) is 6.07 Å². The van der Waals surface area contributed by atoms with E-state index < -0.39 is 23.5 Å². The van der Waals surface area contributed by atoms with Crippen molar-refractivity contribution in [1.29, 1.82) is 0 Å². The zero-order chi connectivity index (χ0) is 15.6. The van der Waals surface area contributed by atoms with Crippen molar-refractivity contribution in [2.45, 2.75) is 19.6 Å². The third-order valence-corrected chi connectivity index (χ3v) is 2.64. The van der Waals surface area contributed by atoms with Crippen LogP contribution >= 0.6 is 0 Å². The van der Waals surface area contributed by atoms with E-state index in [-0.39, 0.29) is 23.8 Å². The van der Waals surface area contributed by atoms with Crippen molar-refractivity contribution >= 4 is 5.82 Å². The Bertz CT molecular complexity index is 634. The Balaban J connectivity index is 2.23. The Kier molecular flexibility index (Phi) is 4.06. The lowest BCUT2D eigenvalue weighted by Gasteiger charge is -2.11. The van der Waals surface area contributed by atoms with Gasteiger partial charge in [-0.2, -0.15) is 13.2 Å². The van der Waals surface area contributed by atoms with Gasteiger partial charge < -0.3 is 5.32 Å². The van der Waals surface area contributed by atoms with Gasteiger partial charge in [-0.25, -0.2) is 18.7 Å². The van der Waals surface area contributed by atoms with Crippen LogP contribution in [0.25, 0.3) is 0 Å². The summed E-state index contributed by atoms with van der Waals surface area (Å²) in [5.74, 6) is -1.83. The van der Waals surface area contributed by atoms with Gasteiger partial charge in [-0.15, -0.1) is 0 Å². The van der Waals surface area contributed by atoms with Crippen molar-refractivity contribution < 1.29 is 22.0 Å². The van der Waals surface area contributed by atoms with Gasteiger partial charge in [-0.3, -0.25) is 0 Å². The molecule has 0 fully saturated rings. The quantitative estimate of drug-likeness (QED) is 0.879. The van der Waals surface area contributed by atoms with Gasteiger partial charge in [0.15, 0.2) is 0 Å². The molecule has 0 radical (unpaired) electrons. The van der Waals surface area contributed by atoms with E-state index in [9.17, 15) is 22.0 Å². The number of anilines is 1. The van der Waals surface area contributed by atoms with Gasteiger partial charge in [0.25, 0.3) is 0 Å². The molecule has 2 aromatic rings. The highest BCUT2D eigenvalue weighted by molar-refractivity contribution is 5.38. The maximum absolute atomic E-state index is 13.4. The summed E-state index contributed by atoms with van der Waals surface area (Å²) in [5, 5.41) is 2.46. The number of halogens is 5. The van der Waals surface area contributed by atoms with E-state index in [4.69, 9.17) is 0 Å². The van der Waals surface area contributed by atoms with Gasteiger partial charge in [0, 0.05) is 18.2 Å². The summed E-state index contributed by atoms with van der Waals surface area (Å²) in [6.07, 6.45) is -4.62. The second-order valence-electron chi connectivity index (χ2n) is 4.24. The number of rotatable bonds is 3. The minimum absolute atomic E-state index is 0.0960. The summed E-state index contributed by atoms with van der Waals surface area (Å²) < 4.78 is 64.6. The molecule has 1 aromatic heterocycles. The number of aryl methyl sites for hydroxylation is 1. The molecule has 0 atom stereocenters. The standard InChI is InChI=1S/C13H10F5N3/c1-7-20-11(13(16,17)18)5-12(21-7)19-6-8-9(14)3-2-4-10(8)15/h2-5H,6H2,1H3,(H,19,20,21). The number of alkyl halides is 3. The molecular formula is C13H10F5N3. The van der Waals surface area contributed by atoms with Crippen LogP contribution in [-0.2, 0) is 12.7 Å². The molecule has 3 nitrogen and oxygen atoms in total. The first kappa shape index (κ1) is 15.1. The largest absolute Gasteiger partial charge is 0.433 e. The molecule has 0 amide bonds. The van der Waals surface area contributed by atoms with Gasteiger partial charge in [0.05, 0.1) is 0 Å². The van der Waals surface area contributed by atoms with Crippen LogP contribution in [0.4, 0.5) is 27.8 Å². The van der Waals surface area contributed by atoms with E-state index in [1.54, 1.807) is 0 Å². The second kappa shape index (κ2) is 5.63. The van der Waals surface area contributed by atoms with E-state index in [0.717, 1.165) is 12.1 Å². The molecular weight excluding hydrogens is 293 g/mol. The van der Waals surface area contributed by atoms with E-state index in [2.05, 4.69) is 15.3 Å². The Morgan fingerprint density at radius 1 is 1.10 bits per heavy atom. The van der Waals surface area contributed by atoms with E-state index in [1.807, 2.05) is 0 Å². The molecule has 1 aromatic carbocycles. The first-order valence-electron chi connectivity index (χ1n) is 5.87. The van der Waals surface area contributed by atoms with Crippen molar-refractivity contribution in [3.05, 3.63) is 53.0 Å². The summed E-state index contributed by atoms with van der Waals surface area (Å²) in [7, 11) is 0. The maximum Gasteiger partial charge on any atom is 0.433 e. The average molecular weight is 303 g/mol. The predicted molar refractivity (Wildman–Crippen MR) is 65.5 cm³/mol. The van der Waals surface area contributed by atoms with Crippen LogP contribution in [0, 0.1) is 18.6 Å². The summed E-state index contributed by atoms with van der Waals surface area (Å²) in [6.45, 7) is 0.969. The summed E-state index contributed by atoms with van der Waals surface area (Å²) in [5.41, 5.74) is -1.39. The fourth-order valence-corrected chi connectivity index (χ4v) is 1.68. The molecule has 0 spiro atoms. The third-order valence-electron chi connectivity index (χ3n) is 2.64. The normalized spacial score (nSPS) is 11.5. The minimum atomic E-state index is -4.62. The molecule has 1 heterocycles. The highest BCUT2D eigenvalue weighted by Crippen LogP contribution is 2.29. The van der Waals surface area contributed by atoms with Crippen molar-refractivity contribution in [2.24, 2.45) is 0 Å². The zero-order valence-electron chi connectivity index (χ0n) is 10.8. The maximum atomic E-state index is 13.4. The summed E-state index contributed by atoms with van der Waals surface area (Å²) >= 11 is 0. The molecule has 0 bridgehead atoms. The first-order chi connectivity index (χ1) is 9.77. The second-order valence-corrected chi connectivity index (χ2v) is 4.24. The Hall–Kier alpha value is -2.25. The number of nitrogens with zero attached hydrogens (tertiary/aromatic N) is 2. The third kappa shape index (κ3) is 3.65. The van der Waals surface area contributed by atoms with Gasteiger partial charge in [0.2, 0.25) is 0 Å². The van der Waals surface area contributed by atoms with Crippen molar-refractivity contribution in [3.63, 3.8) is 0 Å². The highest BCUT2D eigenvalue weighted by Gasteiger charge is 2.33. The molecule has 8 heteroatoms. The molecule has 1 N–H and O–H groups in total. The predicted octanol–water partition coefficient (Wildman–Crippen LogP) is 3.69. The lowest BCUT2D eigenvalue weighted by atomic mass is 10.2. The van der Waals surface area contributed by atoms with Crippen LogP contribution in [0.2, 0.25) is 0 Å². The minimum Gasteiger partial charge on any atom is -0.366 e.